The predicted octanol–water partition coefficient (Wildman–Crippen LogP) is 4.80. The molecule has 0 aromatic heterocycles. The highest BCUT2D eigenvalue weighted by atomic mass is 35.5. The van der Waals surface area contributed by atoms with E-state index in [2.05, 4.69) is 6.92 Å². The Balaban J connectivity index is 0.00000676. The third-order valence-corrected chi connectivity index (χ3v) is 5.56. The normalized spacial score (nSPS) is 12.1. The number of rotatable bonds is 12. The van der Waals surface area contributed by atoms with Crippen LogP contribution in [0.15, 0.2) is 23.1 Å². The number of alkyl halides is 3. The fourth-order valence-corrected chi connectivity index (χ4v) is 3.63. The van der Waals surface area contributed by atoms with Gasteiger partial charge in [-0.25, -0.2) is 0 Å². The van der Waals surface area contributed by atoms with Crippen molar-refractivity contribution in [3.05, 3.63) is 29.3 Å². The van der Waals surface area contributed by atoms with E-state index in [1.54, 1.807) is 6.07 Å². The van der Waals surface area contributed by atoms with Gasteiger partial charge in [0, 0.05) is 4.90 Å². The third kappa shape index (κ3) is 9.52. The first-order valence-electron chi connectivity index (χ1n) is 9.09. The van der Waals surface area contributed by atoms with Gasteiger partial charge < -0.3 is 15.9 Å². The lowest BCUT2D eigenvalue weighted by molar-refractivity contribution is -0.139. The molecule has 0 amide bonds. The fraction of sp³-hybridized carbons (Fsp3) is 0.684. The summed E-state index contributed by atoms with van der Waals surface area (Å²) in [5.74, 6) is 0.674. The summed E-state index contributed by atoms with van der Waals surface area (Å²) in [5.41, 5.74) is 4.49. The Hall–Kier alpha value is -0.470. The lowest BCUT2D eigenvalue weighted by atomic mass is 9.93. The number of thioether (sulfide) groups is 1. The van der Waals surface area contributed by atoms with E-state index in [1.807, 2.05) is 0 Å². The van der Waals surface area contributed by atoms with Gasteiger partial charge in [0.2, 0.25) is 0 Å². The summed E-state index contributed by atoms with van der Waals surface area (Å²) in [5, 5.41) is 18.4. The van der Waals surface area contributed by atoms with Gasteiger partial charge in [-0.3, -0.25) is 0 Å². The second-order valence-electron chi connectivity index (χ2n) is 6.77. The van der Waals surface area contributed by atoms with Gasteiger partial charge in [-0.2, -0.15) is 13.2 Å². The highest BCUT2D eigenvalue weighted by molar-refractivity contribution is 7.99. The first kappa shape index (κ1) is 26.5. The van der Waals surface area contributed by atoms with E-state index < -0.39 is 30.5 Å². The molecule has 0 aliphatic heterocycles. The fourth-order valence-electron chi connectivity index (χ4n) is 2.57. The van der Waals surface area contributed by atoms with E-state index in [1.165, 1.54) is 17.8 Å². The quantitative estimate of drug-likeness (QED) is 0.329. The van der Waals surface area contributed by atoms with Gasteiger partial charge in [0.25, 0.3) is 0 Å². The number of aliphatic hydroxyl groups is 2. The summed E-state index contributed by atoms with van der Waals surface area (Å²) in [4.78, 5) is 0.250. The number of aryl methyl sites for hydroxylation is 1. The van der Waals surface area contributed by atoms with Crippen LogP contribution in [-0.2, 0) is 12.6 Å². The van der Waals surface area contributed by atoms with Crippen LogP contribution in [0.5, 0.6) is 0 Å². The molecule has 0 heterocycles. The average molecular weight is 430 g/mol. The standard InChI is InChI=1S/C19H30F3NO2S.ClH/c1-2-3-4-5-6-11-26-17-8-7-15(12-16(17)19(20,21)22)9-10-18(23,13-24)14-25;/h7-8,12,24-25H,2-6,9-11,13-14,23H2,1H3;1H. The van der Waals surface area contributed by atoms with E-state index in [-0.39, 0.29) is 30.1 Å². The topological polar surface area (TPSA) is 66.5 Å². The first-order valence-corrected chi connectivity index (χ1v) is 10.1. The van der Waals surface area contributed by atoms with Crippen molar-refractivity contribution in [2.75, 3.05) is 19.0 Å². The molecule has 0 aliphatic rings. The minimum atomic E-state index is -4.41. The largest absolute Gasteiger partial charge is 0.417 e. The number of halogens is 4. The molecule has 0 bridgehead atoms. The van der Waals surface area contributed by atoms with Crippen molar-refractivity contribution < 1.29 is 23.4 Å². The van der Waals surface area contributed by atoms with Crippen LogP contribution in [0.3, 0.4) is 0 Å². The zero-order valence-corrected chi connectivity index (χ0v) is 17.4. The molecule has 1 aromatic carbocycles. The van der Waals surface area contributed by atoms with Crippen LogP contribution in [0.25, 0.3) is 0 Å². The van der Waals surface area contributed by atoms with Crippen molar-refractivity contribution in [1.82, 2.24) is 0 Å². The van der Waals surface area contributed by atoms with Gasteiger partial charge >= 0.3 is 6.18 Å². The predicted molar refractivity (Wildman–Crippen MR) is 108 cm³/mol. The van der Waals surface area contributed by atoms with Crippen LogP contribution in [0.1, 0.15) is 56.6 Å². The molecule has 158 valence electrons. The molecule has 8 heteroatoms. The summed E-state index contributed by atoms with van der Waals surface area (Å²) in [6, 6.07) is 4.35. The van der Waals surface area contributed by atoms with Gasteiger partial charge in [0.1, 0.15) is 0 Å². The van der Waals surface area contributed by atoms with Crippen molar-refractivity contribution >= 4 is 24.2 Å². The van der Waals surface area contributed by atoms with Crippen molar-refractivity contribution in [2.45, 2.75) is 68.5 Å². The summed E-state index contributed by atoms with van der Waals surface area (Å²) in [6.07, 6.45) is 1.45. The third-order valence-electron chi connectivity index (χ3n) is 4.40. The average Bonchev–Trinajstić information content (AvgIpc) is 2.62. The molecule has 0 saturated heterocycles. The van der Waals surface area contributed by atoms with E-state index in [0.29, 0.717) is 11.3 Å². The van der Waals surface area contributed by atoms with Gasteiger partial charge in [-0.1, -0.05) is 38.7 Å². The summed E-state index contributed by atoms with van der Waals surface area (Å²) >= 11 is 1.25. The maximum Gasteiger partial charge on any atom is 0.417 e. The number of hydrogen-bond acceptors (Lipinski definition) is 4. The van der Waals surface area contributed by atoms with Crippen LogP contribution in [0, 0.1) is 0 Å². The van der Waals surface area contributed by atoms with Crippen LogP contribution in [0.2, 0.25) is 0 Å². The minimum absolute atomic E-state index is 0. The van der Waals surface area contributed by atoms with Crippen LogP contribution in [0.4, 0.5) is 13.2 Å². The van der Waals surface area contributed by atoms with Gasteiger partial charge in [0.15, 0.2) is 0 Å². The molecule has 27 heavy (non-hydrogen) atoms. The summed E-state index contributed by atoms with van der Waals surface area (Å²) in [6.45, 7) is 1.30. The van der Waals surface area contributed by atoms with Crippen molar-refractivity contribution in [3.63, 3.8) is 0 Å². The molecule has 0 radical (unpaired) electrons. The monoisotopic (exact) mass is 429 g/mol. The Morgan fingerprint density at radius 2 is 1.67 bits per heavy atom. The molecule has 0 unspecified atom stereocenters. The Bertz CT molecular complexity index is 540. The minimum Gasteiger partial charge on any atom is -0.394 e. The molecule has 4 N–H and O–H groups in total. The van der Waals surface area contributed by atoms with Gasteiger partial charge in [-0.15, -0.1) is 24.2 Å². The number of unbranched alkanes of at least 4 members (excludes halogenated alkanes) is 4. The summed E-state index contributed by atoms with van der Waals surface area (Å²) in [7, 11) is 0. The van der Waals surface area contributed by atoms with Crippen LogP contribution >= 0.6 is 24.2 Å². The summed E-state index contributed by atoms with van der Waals surface area (Å²) < 4.78 is 40.2. The van der Waals surface area contributed by atoms with Crippen LogP contribution in [-0.4, -0.2) is 34.7 Å². The SMILES string of the molecule is CCCCCCCSc1ccc(CCC(N)(CO)CO)cc1C(F)(F)F.Cl. The number of hydrogen-bond donors (Lipinski definition) is 3. The molecule has 1 rings (SSSR count). The maximum atomic E-state index is 13.4. The second kappa shape index (κ2) is 12.9. The van der Waals surface area contributed by atoms with E-state index in [4.69, 9.17) is 5.73 Å². The number of aliphatic hydroxyl groups excluding tert-OH is 2. The second-order valence-corrected chi connectivity index (χ2v) is 7.91. The molecule has 0 spiro atoms. The highest BCUT2D eigenvalue weighted by Gasteiger charge is 2.34. The van der Waals surface area contributed by atoms with Crippen molar-refractivity contribution in [1.29, 1.82) is 0 Å². The lowest BCUT2D eigenvalue weighted by Gasteiger charge is -2.24. The molecular formula is C19H31ClF3NO2S. The highest BCUT2D eigenvalue weighted by Crippen LogP contribution is 2.38. The molecule has 0 saturated carbocycles. The van der Waals surface area contributed by atoms with Gasteiger partial charge in [-0.05, 0) is 42.7 Å². The molecule has 0 aliphatic carbocycles. The zero-order valence-electron chi connectivity index (χ0n) is 15.7. The molecule has 3 nitrogen and oxygen atoms in total. The Morgan fingerprint density at radius 3 is 2.22 bits per heavy atom. The molecule has 0 fully saturated rings. The van der Waals surface area contributed by atoms with Gasteiger partial charge in [0.05, 0.1) is 24.3 Å². The molecular weight excluding hydrogens is 399 g/mol. The molecule has 0 atom stereocenters. The first-order chi connectivity index (χ1) is 12.3. The smallest absolute Gasteiger partial charge is 0.394 e. The number of benzene rings is 1. The Labute approximate surface area is 170 Å². The van der Waals surface area contributed by atoms with Crippen molar-refractivity contribution in [2.24, 2.45) is 5.73 Å². The Morgan fingerprint density at radius 1 is 1.04 bits per heavy atom. The van der Waals surface area contributed by atoms with Crippen molar-refractivity contribution in [3.8, 4) is 0 Å². The van der Waals surface area contributed by atoms with E-state index in [9.17, 15) is 23.4 Å². The van der Waals surface area contributed by atoms with E-state index in [0.717, 1.165) is 38.2 Å². The zero-order chi connectivity index (χ0) is 19.6. The lowest BCUT2D eigenvalue weighted by Crippen LogP contribution is -2.47. The van der Waals surface area contributed by atoms with Crippen LogP contribution < -0.4 is 5.73 Å². The number of nitrogens with two attached hydrogens (primary N) is 1. The Kier molecular flexibility index (Phi) is 12.7. The maximum absolute atomic E-state index is 13.4. The molecule has 1 aromatic rings. The van der Waals surface area contributed by atoms with E-state index >= 15 is 0 Å².